The molecule has 1 aromatic carbocycles. The molecule has 0 aliphatic carbocycles. The number of ether oxygens (including phenoxy) is 1. The highest BCUT2D eigenvalue weighted by atomic mass is 32.2. The van der Waals surface area contributed by atoms with Crippen molar-refractivity contribution in [3.63, 3.8) is 0 Å². The highest BCUT2D eigenvalue weighted by Gasteiger charge is 2.34. The first-order chi connectivity index (χ1) is 12.8. The Morgan fingerprint density at radius 1 is 1.41 bits per heavy atom. The number of sulfonamides is 1. The largest absolute Gasteiger partial charge is 0.379 e. The maximum absolute atomic E-state index is 13.5. The second-order valence-corrected chi connectivity index (χ2v) is 8.83. The minimum Gasteiger partial charge on any atom is -0.379 e. The van der Waals surface area contributed by atoms with Crippen LogP contribution < -0.4 is 5.32 Å². The van der Waals surface area contributed by atoms with E-state index in [-0.39, 0.29) is 30.4 Å². The monoisotopic (exact) mass is 396 g/mol. The van der Waals surface area contributed by atoms with Gasteiger partial charge < -0.3 is 10.1 Å². The Kier molecular flexibility index (Phi) is 5.59. The van der Waals surface area contributed by atoms with Gasteiger partial charge in [0.05, 0.1) is 42.5 Å². The van der Waals surface area contributed by atoms with Gasteiger partial charge in [-0.05, 0) is 12.1 Å². The highest BCUT2D eigenvalue weighted by molar-refractivity contribution is 7.89. The number of H-pyrrole nitrogens is 1. The molecule has 0 radical (unpaired) electrons. The van der Waals surface area contributed by atoms with E-state index in [0.717, 1.165) is 4.31 Å². The van der Waals surface area contributed by atoms with Gasteiger partial charge in [0, 0.05) is 25.6 Å². The summed E-state index contributed by atoms with van der Waals surface area (Å²) in [4.78, 5) is 12.7. The molecule has 1 saturated heterocycles. The van der Waals surface area contributed by atoms with Gasteiger partial charge in [-0.15, -0.1) is 0 Å². The standard InChI is InChI=1S/C17H21FN4O4S/c1-22(2)27(24,25)10-12-8-26-9-15(12)20-17(23)14-7-19-21-16(14)11-4-3-5-13(18)6-11/h3-7,12,15H,8-10H2,1-2H3,(H,19,21)(H,20,23)/t12-,15+/m0/s1. The molecule has 10 heteroatoms. The third-order valence-electron chi connectivity index (χ3n) is 4.49. The Bertz CT molecular complexity index is 929. The lowest BCUT2D eigenvalue weighted by Crippen LogP contribution is -2.43. The molecule has 2 atom stereocenters. The van der Waals surface area contributed by atoms with Gasteiger partial charge in [-0.2, -0.15) is 5.10 Å². The lowest BCUT2D eigenvalue weighted by molar-refractivity contribution is 0.0926. The van der Waals surface area contributed by atoms with Crippen LogP contribution in [0.5, 0.6) is 0 Å². The van der Waals surface area contributed by atoms with E-state index in [9.17, 15) is 17.6 Å². The quantitative estimate of drug-likeness (QED) is 0.753. The Balaban J connectivity index is 1.75. The minimum absolute atomic E-state index is 0.118. The van der Waals surface area contributed by atoms with Crippen LogP contribution >= 0.6 is 0 Å². The van der Waals surface area contributed by atoms with Crippen molar-refractivity contribution in [1.82, 2.24) is 19.8 Å². The molecular weight excluding hydrogens is 375 g/mol. The Morgan fingerprint density at radius 3 is 2.89 bits per heavy atom. The number of hydrogen-bond donors (Lipinski definition) is 2. The van der Waals surface area contributed by atoms with Gasteiger partial charge >= 0.3 is 0 Å². The Hall–Kier alpha value is -2.30. The van der Waals surface area contributed by atoms with Crippen LogP contribution in [0.15, 0.2) is 30.5 Å². The smallest absolute Gasteiger partial charge is 0.255 e. The minimum atomic E-state index is -3.42. The van der Waals surface area contributed by atoms with Crippen LogP contribution in [-0.2, 0) is 14.8 Å². The number of nitrogens with zero attached hydrogens (tertiary/aromatic N) is 2. The van der Waals surface area contributed by atoms with Crippen molar-refractivity contribution in [2.45, 2.75) is 6.04 Å². The van der Waals surface area contributed by atoms with Crippen LogP contribution in [0, 0.1) is 11.7 Å². The number of carbonyl (C=O) groups is 1. The Labute approximate surface area is 156 Å². The summed E-state index contributed by atoms with van der Waals surface area (Å²) < 4.78 is 44.3. The highest BCUT2D eigenvalue weighted by Crippen LogP contribution is 2.23. The van der Waals surface area contributed by atoms with Crippen molar-refractivity contribution in [2.75, 3.05) is 33.1 Å². The molecule has 1 amide bonds. The summed E-state index contributed by atoms with van der Waals surface area (Å²) in [5, 5.41) is 9.41. The van der Waals surface area contributed by atoms with E-state index in [1.54, 1.807) is 12.1 Å². The zero-order valence-corrected chi connectivity index (χ0v) is 15.8. The summed E-state index contributed by atoms with van der Waals surface area (Å²) in [7, 11) is -0.483. The van der Waals surface area contributed by atoms with Crippen molar-refractivity contribution in [3.05, 3.63) is 41.8 Å². The fourth-order valence-corrected chi connectivity index (χ4v) is 4.08. The normalized spacial score (nSPS) is 20.1. The third-order valence-corrected chi connectivity index (χ3v) is 6.46. The maximum Gasteiger partial charge on any atom is 0.255 e. The molecule has 146 valence electrons. The van der Waals surface area contributed by atoms with Crippen LogP contribution in [-0.4, -0.2) is 67.9 Å². The lowest BCUT2D eigenvalue weighted by Gasteiger charge is -2.21. The summed E-state index contributed by atoms with van der Waals surface area (Å²) in [6.45, 7) is 0.479. The van der Waals surface area contributed by atoms with E-state index in [2.05, 4.69) is 15.5 Å². The molecule has 1 fully saturated rings. The van der Waals surface area contributed by atoms with Crippen LogP contribution in [0.3, 0.4) is 0 Å². The number of halogens is 1. The topological polar surface area (TPSA) is 104 Å². The molecule has 2 aromatic rings. The van der Waals surface area contributed by atoms with E-state index in [1.807, 2.05) is 0 Å². The fourth-order valence-electron chi connectivity index (χ4n) is 2.91. The zero-order chi connectivity index (χ0) is 19.6. The number of benzene rings is 1. The summed E-state index contributed by atoms with van der Waals surface area (Å²) in [5.74, 6) is -1.32. The first-order valence-electron chi connectivity index (χ1n) is 8.36. The molecule has 8 nitrogen and oxygen atoms in total. The van der Waals surface area contributed by atoms with Gasteiger partial charge in [0.2, 0.25) is 10.0 Å². The first-order valence-corrected chi connectivity index (χ1v) is 9.97. The summed E-state index contributed by atoms with van der Waals surface area (Å²) in [6, 6.07) is 5.38. The first kappa shape index (κ1) is 19.5. The maximum atomic E-state index is 13.5. The number of aromatic nitrogens is 2. The molecule has 1 aliphatic heterocycles. The number of carbonyl (C=O) groups excluding carboxylic acids is 1. The zero-order valence-electron chi connectivity index (χ0n) is 15.0. The third kappa shape index (κ3) is 4.34. The van der Waals surface area contributed by atoms with Crippen molar-refractivity contribution in [3.8, 4) is 11.3 Å². The van der Waals surface area contributed by atoms with Crippen LogP contribution in [0.2, 0.25) is 0 Å². The van der Waals surface area contributed by atoms with E-state index < -0.39 is 27.8 Å². The molecule has 0 spiro atoms. The van der Waals surface area contributed by atoms with Crippen molar-refractivity contribution in [2.24, 2.45) is 5.92 Å². The van der Waals surface area contributed by atoms with Gasteiger partial charge in [0.1, 0.15) is 5.82 Å². The van der Waals surface area contributed by atoms with Crippen molar-refractivity contribution >= 4 is 15.9 Å². The second-order valence-electron chi connectivity index (χ2n) is 6.61. The van der Waals surface area contributed by atoms with Crippen LogP contribution in [0.4, 0.5) is 4.39 Å². The number of rotatable bonds is 6. The molecule has 2 heterocycles. The van der Waals surface area contributed by atoms with Gasteiger partial charge in [0.15, 0.2) is 0 Å². The van der Waals surface area contributed by atoms with E-state index >= 15 is 0 Å². The number of amides is 1. The average Bonchev–Trinajstić information content (AvgIpc) is 3.24. The SMILES string of the molecule is CN(C)S(=O)(=O)C[C@@H]1COC[C@H]1NC(=O)c1cn[nH]c1-c1cccc(F)c1. The van der Waals surface area contributed by atoms with Gasteiger partial charge in [-0.3, -0.25) is 9.89 Å². The molecule has 27 heavy (non-hydrogen) atoms. The van der Waals surface area contributed by atoms with Crippen LogP contribution in [0.25, 0.3) is 11.3 Å². The predicted octanol–water partition coefficient (Wildman–Crippen LogP) is 0.852. The van der Waals surface area contributed by atoms with E-state index in [0.29, 0.717) is 11.3 Å². The number of aromatic amines is 1. The van der Waals surface area contributed by atoms with E-state index in [4.69, 9.17) is 4.74 Å². The molecule has 0 saturated carbocycles. The molecule has 1 aliphatic rings. The van der Waals surface area contributed by atoms with Gasteiger partial charge in [0.25, 0.3) is 5.91 Å². The molecule has 1 aromatic heterocycles. The summed E-state index contributed by atoms with van der Waals surface area (Å²) in [5.41, 5.74) is 1.14. The van der Waals surface area contributed by atoms with Gasteiger partial charge in [-0.1, -0.05) is 12.1 Å². The second kappa shape index (κ2) is 7.75. The fraction of sp³-hybridized carbons (Fsp3) is 0.412. The lowest BCUT2D eigenvalue weighted by atomic mass is 10.0. The molecule has 3 rings (SSSR count). The molecule has 2 N–H and O–H groups in total. The van der Waals surface area contributed by atoms with Crippen molar-refractivity contribution < 1.29 is 22.3 Å². The summed E-state index contributed by atoms with van der Waals surface area (Å²) >= 11 is 0. The van der Waals surface area contributed by atoms with Crippen LogP contribution in [0.1, 0.15) is 10.4 Å². The van der Waals surface area contributed by atoms with Gasteiger partial charge in [-0.25, -0.2) is 17.1 Å². The van der Waals surface area contributed by atoms with Crippen molar-refractivity contribution in [1.29, 1.82) is 0 Å². The number of hydrogen-bond acceptors (Lipinski definition) is 5. The van der Waals surface area contributed by atoms with E-state index in [1.165, 1.54) is 32.4 Å². The molecule has 0 bridgehead atoms. The predicted molar refractivity (Wildman–Crippen MR) is 97.0 cm³/mol. The summed E-state index contributed by atoms with van der Waals surface area (Å²) in [6.07, 6.45) is 1.36. The molecule has 0 unspecified atom stereocenters. The molecular formula is C17H21FN4O4S. The average molecular weight is 396 g/mol. The number of nitrogens with one attached hydrogen (secondary N) is 2. The Morgan fingerprint density at radius 2 is 2.19 bits per heavy atom.